The van der Waals surface area contributed by atoms with E-state index in [4.69, 9.17) is 9.47 Å². The first-order valence-corrected chi connectivity index (χ1v) is 11.9. The maximum atomic E-state index is 12.8. The number of carbonyl (C=O) groups excluding carboxylic acids is 2. The molecule has 10 heteroatoms. The van der Waals surface area contributed by atoms with E-state index in [1.807, 2.05) is 0 Å². The number of fused-ring (bicyclic) bond motifs is 1. The normalized spacial score (nSPS) is 16.4. The van der Waals surface area contributed by atoms with Crippen molar-refractivity contribution < 1.29 is 27.5 Å². The lowest BCUT2D eigenvalue weighted by molar-refractivity contribution is -0.123. The molecule has 0 atom stereocenters. The van der Waals surface area contributed by atoms with Crippen LogP contribution in [0.5, 0.6) is 11.5 Å². The van der Waals surface area contributed by atoms with E-state index in [1.54, 1.807) is 31.4 Å². The van der Waals surface area contributed by atoms with Crippen LogP contribution >= 0.6 is 0 Å². The van der Waals surface area contributed by atoms with E-state index in [2.05, 4.69) is 10.0 Å². The number of nitrogens with one attached hydrogen (secondary N) is 2. The third kappa shape index (κ3) is 4.86. The molecule has 0 bridgehead atoms. The maximum absolute atomic E-state index is 12.8. The third-order valence-electron chi connectivity index (χ3n) is 5.54. The summed E-state index contributed by atoms with van der Waals surface area (Å²) in [6, 6.07) is 11.0. The summed E-state index contributed by atoms with van der Waals surface area (Å²) in [6.45, 7) is -0.504. The van der Waals surface area contributed by atoms with E-state index in [9.17, 15) is 18.0 Å². The van der Waals surface area contributed by atoms with Crippen LogP contribution in [-0.4, -0.2) is 46.5 Å². The van der Waals surface area contributed by atoms with Crippen LogP contribution in [0.1, 0.15) is 25.7 Å². The summed E-state index contributed by atoms with van der Waals surface area (Å²) in [7, 11) is -2.21. The largest absolute Gasteiger partial charge is 0.497 e. The molecule has 32 heavy (non-hydrogen) atoms. The molecular formula is C22H25N3O6S. The Labute approximate surface area is 186 Å². The highest BCUT2D eigenvalue weighted by atomic mass is 32.2. The fourth-order valence-electron chi connectivity index (χ4n) is 3.87. The molecule has 0 unspecified atom stereocenters. The number of carbonyl (C=O) groups is 2. The number of amides is 2. The molecule has 2 aliphatic rings. The Hall–Kier alpha value is -3.11. The molecule has 2 aromatic rings. The van der Waals surface area contributed by atoms with Gasteiger partial charge >= 0.3 is 0 Å². The lowest BCUT2D eigenvalue weighted by atomic mass is 10.2. The molecule has 1 saturated carbocycles. The SMILES string of the molecule is COc1ccc(NC(=O)CN2C(=O)COc3ccc(S(=O)(=O)NC4CCCC4)cc32)cc1. The summed E-state index contributed by atoms with van der Waals surface area (Å²) in [5.74, 6) is 0.149. The van der Waals surface area contributed by atoms with Crippen molar-refractivity contribution in [3.05, 3.63) is 42.5 Å². The van der Waals surface area contributed by atoms with E-state index in [-0.39, 0.29) is 29.8 Å². The van der Waals surface area contributed by atoms with Crippen LogP contribution in [0.25, 0.3) is 0 Å². The van der Waals surface area contributed by atoms with E-state index in [0.717, 1.165) is 25.7 Å². The predicted molar refractivity (Wildman–Crippen MR) is 118 cm³/mol. The zero-order valence-corrected chi connectivity index (χ0v) is 18.5. The molecule has 2 N–H and O–H groups in total. The van der Waals surface area contributed by atoms with Gasteiger partial charge in [-0.1, -0.05) is 12.8 Å². The Balaban J connectivity index is 1.53. The van der Waals surface area contributed by atoms with Gasteiger partial charge in [0.1, 0.15) is 18.0 Å². The highest BCUT2D eigenvalue weighted by Crippen LogP contribution is 2.34. The van der Waals surface area contributed by atoms with Crippen molar-refractivity contribution in [3.8, 4) is 11.5 Å². The van der Waals surface area contributed by atoms with Crippen LogP contribution in [0.15, 0.2) is 47.4 Å². The second-order valence-electron chi connectivity index (χ2n) is 7.78. The Morgan fingerprint density at radius 3 is 2.56 bits per heavy atom. The summed E-state index contributed by atoms with van der Waals surface area (Å²) >= 11 is 0. The van der Waals surface area contributed by atoms with Crippen molar-refractivity contribution in [2.75, 3.05) is 30.5 Å². The number of hydrogen-bond donors (Lipinski definition) is 2. The van der Waals surface area contributed by atoms with Crippen molar-refractivity contribution >= 4 is 33.2 Å². The molecule has 0 radical (unpaired) electrons. The van der Waals surface area contributed by atoms with Crippen molar-refractivity contribution in [3.63, 3.8) is 0 Å². The van der Waals surface area contributed by atoms with Gasteiger partial charge in [-0.25, -0.2) is 13.1 Å². The molecule has 2 aromatic carbocycles. The standard InChI is InChI=1S/C22H25N3O6S/c1-30-17-8-6-15(7-9-17)23-21(26)13-25-19-12-18(10-11-20(19)31-14-22(25)27)32(28,29)24-16-4-2-3-5-16/h6-12,16,24H,2-5,13-14H2,1H3,(H,23,26). The van der Waals surface area contributed by atoms with Crippen LogP contribution in [0, 0.1) is 0 Å². The van der Waals surface area contributed by atoms with Crippen LogP contribution in [0.2, 0.25) is 0 Å². The lowest BCUT2D eigenvalue weighted by Gasteiger charge is -2.29. The van der Waals surface area contributed by atoms with Crippen molar-refractivity contribution in [2.45, 2.75) is 36.6 Å². The number of rotatable bonds is 7. The van der Waals surface area contributed by atoms with Gasteiger partial charge in [0.15, 0.2) is 6.61 Å². The Morgan fingerprint density at radius 2 is 1.88 bits per heavy atom. The van der Waals surface area contributed by atoms with Crippen LogP contribution in [0.4, 0.5) is 11.4 Å². The highest BCUT2D eigenvalue weighted by molar-refractivity contribution is 7.89. The monoisotopic (exact) mass is 459 g/mol. The van der Waals surface area contributed by atoms with Gasteiger partial charge in [0.2, 0.25) is 15.9 Å². The van der Waals surface area contributed by atoms with Gasteiger partial charge in [0.25, 0.3) is 5.91 Å². The number of hydrogen-bond acceptors (Lipinski definition) is 6. The molecule has 0 spiro atoms. The Kier molecular flexibility index (Phi) is 6.33. The van der Waals surface area contributed by atoms with Crippen LogP contribution in [-0.2, 0) is 19.6 Å². The van der Waals surface area contributed by atoms with Crippen LogP contribution in [0.3, 0.4) is 0 Å². The molecule has 0 saturated heterocycles. The maximum Gasteiger partial charge on any atom is 0.265 e. The van der Waals surface area contributed by atoms with Gasteiger partial charge in [0, 0.05) is 11.7 Å². The zero-order valence-electron chi connectivity index (χ0n) is 17.7. The molecule has 1 fully saturated rings. The smallest absolute Gasteiger partial charge is 0.265 e. The summed E-state index contributed by atoms with van der Waals surface area (Å²) in [6.07, 6.45) is 3.61. The number of benzene rings is 2. The van der Waals surface area contributed by atoms with Gasteiger partial charge in [-0.15, -0.1) is 0 Å². The summed E-state index contributed by atoms with van der Waals surface area (Å²) in [5.41, 5.74) is 0.800. The number of nitrogens with zero attached hydrogens (tertiary/aromatic N) is 1. The lowest BCUT2D eigenvalue weighted by Crippen LogP contribution is -2.43. The molecule has 1 aliphatic heterocycles. The topological polar surface area (TPSA) is 114 Å². The van der Waals surface area contributed by atoms with E-state index in [1.165, 1.54) is 23.1 Å². The van der Waals surface area contributed by atoms with Crippen molar-refractivity contribution in [1.29, 1.82) is 0 Å². The Morgan fingerprint density at radius 1 is 1.16 bits per heavy atom. The minimum Gasteiger partial charge on any atom is -0.497 e. The molecule has 1 heterocycles. The minimum absolute atomic E-state index is 0.0296. The second-order valence-corrected chi connectivity index (χ2v) is 9.49. The van der Waals surface area contributed by atoms with E-state index in [0.29, 0.717) is 17.2 Å². The summed E-state index contributed by atoms with van der Waals surface area (Å²) in [4.78, 5) is 26.4. The van der Waals surface area contributed by atoms with Gasteiger partial charge in [-0.05, 0) is 55.3 Å². The molecule has 4 rings (SSSR count). The van der Waals surface area contributed by atoms with E-state index < -0.39 is 21.8 Å². The van der Waals surface area contributed by atoms with Crippen LogP contribution < -0.4 is 24.4 Å². The molecule has 170 valence electrons. The number of anilines is 2. The zero-order chi connectivity index (χ0) is 22.7. The molecular weight excluding hydrogens is 434 g/mol. The quantitative estimate of drug-likeness (QED) is 0.657. The van der Waals surface area contributed by atoms with Gasteiger partial charge < -0.3 is 14.8 Å². The predicted octanol–water partition coefficient (Wildman–Crippen LogP) is 2.28. The summed E-state index contributed by atoms with van der Waals surface area (Å²) in [5, 5.41) is 2.73. The third-order valence-corrected chi connectivity index (χ3v) is 7.05. The molecule has 9 nitrogen and oxygen atoms in total. The fraction of sp³-hybridized carbons (Fsp3) is 0.364. The number of methoxy groups -OCH3 is 1. The fourth-order valence-corrected chi connectivity index (χ4v) is 5.20. The van der Waals surface area contributed by atoms with Crippen molar-refractivity contribution in [1.82, 2.24) is 4.72 Å². The Bertz CT molecular complexity index is 1110. The molecule has 2 amide bonds. The first-order chi connectivity index (χ1) is 15.4. The highest BCUT2D eigenvalue weighted by Gasteiger charge is 2.30. The molecule has 0 aromatic heterocycles. The second kappa shape index (κ2) is 9.17. The number of sulfonamides is 1. The first kappa shape index (κ1) is 22.1. The molecule has 1 aliphatic carbocycles. The van der Waals surface area contributed by atoms with Gasteiger partial charge in [-0.2, -0.15) is 0 Å². The van der Waals surface area contributed by atoms with Gasteiger partial charge in [-0.3, -0.25) is 14.5 Å². The van der Waals surface area contributed by atoms with E-state index >= 15 is 0 Å². The van der Waals surface area contributed by atoms with Gasteiger partial charge in [0.05, 0.1) is 17.7 Å². The summed E-state index contributed by atoms with van der Waals surface area (Å²) < 4.78 is 38.9. The van der Waals surface area contributed by atoms with Crippen molar-refractivity contribution in [2.24, 2.45) is 0 Å². The number of ether oxygens (including phenoxy) is 2. The average molecular weight is 460 g/mol. The minimum atomic E-state index is -3.76. The first-order valence-electron chi connectivity index (χ1n) is 10.4. The average Bonchev–Trinajstić information content (AvgIpc) is 3.28.